The SMILES string of the molecule is C#C[C@H](CCCCC)Oc1ccc(-c2cnc(-c3ccc(OCCCC)cc3)nc2)cc1. The van der Waals surface area contributed by atoms with Crippen LogP contribution in [0.15, 0.2) is 60.9 Å². The van der Waals surface area contributed by atoms with Crippen LogP contribution in [-0.2, 0) is 0 Å². The van der Waals surface area contributed by atoms with E-state index in [1.807, 2.05) is 60.9 Å². The van der Waals surface area contributed by atoms with Gasteiger partial charge < -0.3 is 9.47 Å². The first kappa shape index (κ1) is 23.3. The van der Waals surface area contributed by atoms with Gasteiger partial charge in [-0.15, -0.1) is 6.42 Å². The normalized spacial score (nSPS) is 11.5. The van der Waals surface area contributed by atoms with Gasteiger partial charge in [0.05, 0.1) is 6.61 Å². The van der Waals surface area contributed by atoms with Crippen LogP contribution in [0.4, 0.5) is 0 Å². The first-order chi connectivity index (χ1) is 15.7. The molecule has 0 N–H and O–H groups in total. The number of ether oxygens (including phenoxy) is 2. The molecule has 4 heteroatoms. The van der Waals surface area contributed by atoms with Crippen molar-refractivity contribution in [1.82, 2.24) is 9.97 Å². The van der Waals surface area contributed by atoms with Crippen LogP contribution in [0.1, 0.15) is 52.4 Å². The summed E-state index contributed by atoms with van der Waals surface area (Å²) in [6.07, 6.45) is 15.6. The summed E-state index contributed by atoms with van der Waals surface area (Å²) in [6, 6.07) is 15.8. The molecule has 0 unspecified atom stereocenters. The smallest absolute Gasteiger partial charge is 0.159 e. The molecule has 0 radical (unpaired) electrons. The molecule has 4 nitrogen and oxygen atoms in total. The molecule has 3 rings (SSSR count). The predicted octanol–water partition coefficient (Wildman–Crippen LogP) is 6.95. The maximum absolute atomic E-state index is 5.94. The fourth-order valence-corrected chi connectivity index (χ4v) is 3.31. The van der Waals surface area contributed by atoms with Crippen LogP contribution >= 0.6 is 0 Å². The number of unbranched alkanes of at least 4 members (excludes halogenated alkanes) is 3. The van der Waals surface area contributed by atoms with Crippen LogP contribution < -0.4 is 9.47 Å². The summed E-state index contributed by atoms with van der Waals surface area (Å²) in [6.45, 7) is 5.08. The minimum Gasteiger partial charge on any atom is -0.494 e. The molecule has 0 aliphatic rings. The minimum absolute atomic E-state index is 0.182. The molecule has 0 spiro atoms. The number of hydrogen-bond acceptors (Lipinski definition) is 4. The van der Waals surface area contributed by atoms with Crippen molar-refractivity contribution in [3.05, 3.63) is 60.9 Å². The van der Waals surface area contributed by atoms with E-state index in [2.05, 4.69) is 29.7 Å². The molecule has 2 aromatic carbocycles. The highest BCUT2D eigenvalue weighted by molar-refractivity contribution is 5.64. The highest BCUT2D eigenvalue weighted by atomic mass is 16.5. The third-order valence-electron chi connectivity index (χ3n) is 5.25. The molecule has 0 saturated heterocycles. The van der Waals surface area contributed by atoms with Crippen molar-refractivity contribution in [2.24, 2.45) is 0 Å². The quantitative estimate of drug-likeness (QED) is 0.231. The van der Waals surface area contributed by atoms with Crippen molar-refractivity contribution in [2.45, 2.75) is 58.5 Å². The summed E-state index contributed by atoms with van der Waals surface area (Å²) in [5.41, 5.74) is 2.95. The lowest BCUT2D eigenvalue weighted by Gasteiger charge is -2.14. The Morgan fingerprint density at radius 1 is 0.781 bits per heavy atom. The van der Waals surface area contributed by atoms with Crippen LogP contribution in [0.2, 0.25) is 0 Å². The molecule has 0 fully saturated rings. The van der Waals surface area contributed by atoms with E-state index in [4.69, 9.17) is 15.9 Å². The molecule has 0 saturated carbocycles. The van der Waals surface area contributed by atoms with Crippen molar-refractivity contribution in [3.63, 3.8) is 0 Å². The Hall–Kier alpha value is -3.32. The molecule has 32 heavy (non-hydrogen) atoms. The molecular formula is C28H32N2O2. The predicted molar refractivity (Wildman–Crippen MR) is 131 cm³/mol. The van der Waals surface area contributed by atoms with E-state index in [1.165, 1.54) is 12.8 Å². The number of aromatic nitrogens is 2. The second-order valence-corrected chi connectivity index (χ2v) is 7.82. The van der Waals surface area contributed by atoms with E-state index in [0.717, 1.165) is 60.5 Å². The standard InChI is InChI=1S/C28H32N2O2/c1-4-7-9-10-25(6-3)32-27-17-11-22(12-18-27)24-20-29-28(30-21-24)23-13-15-26(16-14-23)31-19-8-5-2/h3,11-18,20-21,25H,4-5,7-10,19H2,1-2H3/t25-/m1/s1. The number of terminal acetylenes is 1. The number of rotatable bonds is 12. The maximum atomic E-state index is 5.94. The van der Waals surface area contributed by atoms with Gasteiger partial charge in [0, 0.05) is 23.5 Å². The summed E-state index contributed by atoms with van der Waals surface area (Å²) in [4.78, 5) is 9.09. The highest BCUT2D eigenvalue weighted by Crippen LogP contribution is 2.25. The minimum atomic E-state index is -0.182. The Bertz CT molecular complexity index is 974. The molecule has 1 heterocycles. The summed E-state index contributed by atoms with van der Waals surface area (Å²) < 4.78 is 11.7. The Morgan fingerprint density at radius 2 is 1.41 bits per heavy atom. The van der Waals surface area contributed by atoms with Crippen LogP contribution in [0.25, 0.3) is 22.5 Å². The van der Waals surface area contributed by atoms with Crippen molar-refractivity contribution in [2.75, 3.05) is 6.61 Å². The lowest BCUT2D eigenvalue weighted by molar-refractivity contribution is 0.243. The van der Waals surface area contributed by atoms with Crippen LogP contribution in [0.3, 0.4) is 0 Å². The third-order valence-corrected chi connectivity index (χ3v) is 5.25. The molecule has 1 aromatic heterocycles. The lowest BCUT2D eigenvalue weighted by atomic mass is 10.1. The molecule has 3 aromatic rings. The van der Waals surface area contributed by atoms with E-state index >= 15 is 0 Å². The summed E-state index contributed by atoms with van der Waals surface area (Å²) in [7, 11) is 0. The highest BCUT2D eigenvalue weighted by Gasteiger charge is 2.08. The van der Waals surface area contributed by atoms with Gasteiger partial charge in [-0.25, -0.2) is 9.97 Å². The van der Waals surface area contributed by atoms with Gasteiger partial charge in [-0.3, -0.25) is 0 Å². The largest absolute Gasteiger partial charge is 0.494 e. The van der Waals surface area contributed by atoms with Crippen LogP contribution in [0.5, 0.6) is 11.5 Å². The van der Waals surface area contributed by atoms with E-state index < -0.39 is 0 Å². The molecule has 1 atom stereocenters. The number of hydrogen-bond donors (Lipinski definition) is 0. The van der Waals surface area contributed by atoms with Crippen LogP contribution in [-0.4, -0.2) is 22.7 Å². The average Bonchev–Trinajstić information content (AvgIpc) is 2.85. The van der Waals surface area contributed by atoms with Crippen molar-refractivity contribution in [3.8, 4) is 46.4 Å². The monoisotopic (exact) mass is 428 g/mol. The van der Waals surface area contributed by atoms with Gasteiger partial charge in [-0.1, -0.05) is 51.2 Å². The van der Waals surface area contributed by atoms with Crippen molar-refractivity contribution >= 4 is 0 Å². The van der Waals surface area contributed by atoms with Crippen molar-refractivity contribution in [1.29, 1.82) is 0 Å². The first-order valence-corrected chi connectivity index (χ1v) is 11.5. The van der Waals surface area contributed by atoms with E-state index in [1.54, 1.807) is 0 Å². The Kier molecular flexibility index (Phi) is 9.13. The fraction of sp³-hybridized carbons (Fsp3) is 0.357. The average molecular weight is 429 g/mol. The van der Waals surface area contributed by atoms with Gasteiger partial charge >= 0.3 is 0 Å². The van der Waals surface area contributed by atoms with Gasteiger partial charge in [-0.05, 0) is 61.2 Å². The second-order valence-electron chi connectivity index (χ2n) is 7.82. The Balaban J connectivity index is 1.60. The second kappa shape index (κ2) is 12.5. The summed E-state index contributed by atoms with van der Waals surface area (Å²) in [5.74, 6) is 5.09. The first-order valence-electron chi connectivity index (χ1n) is 11.5. The van der Waals surface area contributed by atoms with Gasteiger partial charge in [0.1, 0.15) is 11.5 Å². The zero-order valence-corrected chi connectivity index (χ0v) is 19.1. The van der Waals surface area contributed by atoms with Gasteiger partial charge in [0.25, 0.3) is 0 Å². The molecule has 166 valence electrons. The molecule has 0 aliphatic heterocycles. The summed E-state index contributed by atoms with van der Waals surface area (Å²) >= 11 is 0. The fourth-order valence-electron chi connectivity index (χ4n) is 3.31. The Labute approximate surface area is 192 Å². The third kappa shape index (κ3) is 6.85. The van der Waals surface area contributed by atoms with Gasteiger partial charge in [-0.2, -0.15) is 0 Å². The molecule has 0 aliphatic carbocycles. The zero-order valence-electron chi connectivity index (χ0n) is 19.1. The van der Waals surface area contributed by atoms with Gasteiger partial charge in [0.2, 0.25) is 0 Å². The van der Waals surface area contributed by atoms with Gasteiger partial charge in [0.15, 0.2) is 11.9 Å². The zero-order chi connectivity index (χ0) is 22.6. The van der Waals surface area contributed by atoms with Crippen molar-refractivity contribution < 1.29 is 9.47 Å². The topological polar surface area (TPSA) is 44.2 Å². The number of nitrogens with zero attached hydrogens (tertiary/aromatic N) is 2. The lowest BCUT2D eigenvalue weighted by Crippen LogP contribution is -2.13. The van der Waals surface area contributed by atoms with E-state index in [0.29, 0.717) is 5.82 Å². The van der Waals surface area contributed by atoms with E-state index in [-0.39, 0.29) is 6.10 Å². The molecule has 0 amide bonds. The summed E-state index contributed by atoms with van der Waals surface area (Å²) in [5, 5.41) is 0. The molecular weight excluding hydrogens is 396 g/mol. The van der Waals surface area contributed by atoms with E-state index in [9.17, 15) is 0 Å². The van der Waals surface area contributed by atoms with Crippen LogP contribution in [0, 0.1) is 12.3 Å². The number of benzene rings is 2. The Morgan fingerprint density at radius 3 is 2.03 bits per heavy atom. The maximum Gasteiger partial charge on any atom is 0.159 e. The molecule has 0 bridgehead atoms.